The highest BCUT2D eigenvalue weighted by atomic mass is 16.5. The third-order valence-electron chi connectivity index (χ3n) is 3.65. The van der Waals surface area contributed by atoms with Gasteiger partial charge in [-0.25, -0.2) is 0 Å². The second-order valence-corrected chi connectivity index (χ2v) is 4.56. The Labute approximate surface area is 86.6 Å². The summed E-state index contributed by atoms with van der Waals surface area (Å²) in [5, 5.41) is 0. The molecular formula is C11H22N2O. The summed E-state index contributed by atoms with van der Waals surface area (Å²) >= 11 is 0. The first-order valence-electron chi connectivity index (χ1n) is 5.92. The second kappa shape index (κ2) is 5.10. The summed E-state index contributed by atoms with van der Waals surface area (Å²) < 4.78 is 5.37. The lowest BCUT2D eigenvalue weighted by molar-refractivity contribution is 0.0171. The Bertz CT molecular complexity index is 169. The number of hydrogen-bond donors (Lipinski definition) is 1. The van der Waals surface area contributed by atoms with Crippen LogP contribution in [0.25, 0.3) is 0 Å². The van der Waals surface area contributed by atoms with Crippen molar-refractivity contribution in [2.24, 2.45) is 11.7 Å². The van der Waals surface area contributed by atoms with E-state index in [1.165, 1.54) is 25.7 Å². The zero-order valence-corrected chi connectivity index (χ0v) is 8.95. The van der Waals surface area contributed by atoms with E-state index in [1.54, 1.807) is 0 Å². The Morgan fingerprint density at radius 2 is 2.00 bits per heavy atom. The molecule has 3 heteroatoms. The fraction of sp³-hybridized carbons (Fsp3) is 1.00. The van der Waals surface area contributed by atoms with Crippen molar-refractivity contribution in [2.75, 3.05) is 32.8 Å². The largest absolute Gasteiger partial charge is 0.379 e. The number of hydrogen-bond acceptors (Lipinski definition) is 3. The number of nitrogens with zero attached hydrogens (tertiary/aromatic N) is 1. The summed E-state index contributed by atoms with van der Waals surface area (Å²) in [5.74, 6) is 0.896. The molecule has 1 aliphatic carbocycles. The average molecular weight is 198 g/mol. The molecular weight excluding hydrogens is 176 g/mol. The van der Waals surface area contributed by atoms with Gasteiger partial charge in [-0.3, -0.25) is 4.90 Å². The van der Waals surface area contributed by atoms with Gasteiger partial charge in [0.05, 0.1) is 13.2 Å². The molecule has 14 heavy (non-hydrogen) atoms. The van der Waals surface area contributed by atoms with E-state index >= 15 is 0 Å². The molecule has 0 spiro atoms. The van der Waals surface area contributed by atoms with Gasteiger partial charge in [0.15, 0.2) is 0 Å². The summed E-state index contributed by atoms with van der Waals surface area (Å²) in [4.78, 5) is 2.61. The van der Waals surface area contributed by atoms with Crippen molar-refractivity contribution in [3.63, 3.8) is 0 Å². The maximum absolute atomic E-state index is 5.60. The molecule has 1 saturated carbocycles. The fourth-order valence-electron chi connectivity index (χ4n) is 2.82. The second-order valence-electron chi connectivity index (χ2n) is 4.56. The third-order valence-corrected chi connectivity index (χ3v) is 3.65. The minimum absolute atomic E-state index is 0.829. The molecule has 0 radical (unpaired) electrons. The Morgan fingerprint density at radius 1 is 1.21 bits per heavy atom. The number of morpholine rings is 1. The first-order valence-corrected chi connectivity index (χ1v) is 5.92. The molecule has 1 aliphatic heterocycles. The van der Waals surface area contributed by atoms with Crippen molar-refractivity contribution in [1.82, 2.24) is 4.90 Å². The van der Waals surface area contributed by atoms with Crippen LogP contribution in [0.4, 0.5) is 0 Å². The van der Waals surface area contributed by atoms with Gasteiger partial charge in [-0.05, 0) is 38.1 Å². The van der Waals surface area contributed by atoms with E-state index in [-0.39, 0.29) is 0 Å². The van der Waals surface area contributed by atoms with Gasteiger partial charge in [0.1, 0.15) is 0 Å². The first-order chi connectivity index (χ1) is 6.90. The molecule has 82 valence electrons. The van der Waals surface area contributed by atoms with Gasteiger partial charge in [-0.1, -0.05) is 0 Å². The smallest absolute Gasteiger partial charge is 0.0594 e. The molecule has 2 atom stereocenters. The predicted molar refractivity (Wildman–Crippen MR) is 57.2 cm³/mol. The van der Waals surface area contributed by atoms with Crippen LogP contribution in [0.5, 0.6) is 0 Å². The number of ether oxygens (including phenoxy) is 1. The van der Waals surface area contributed by atoms with Crippen LogP contribution in [0.3, 0.4) is 0 Å². The Balaban J connectivity index is 1.76. The molecule has 0 aromatic rings. The van der Waals surface area contributed by atoms with Crippen LogP contribution in [0.15, 0.2) is 0 Å². The third kappa shape index (κ3) is 2.47. The number of rotatable bonds is 3. The zero-order chi connectivity index (χ0) is 9.80. The molecule has 1 saturated heterocycles. The Kier molecular flexibility index (Phi) is 3.79. The van der Waals surface area contributed by atoms with Crippen LogP contribution in [0.2, 0.25) is 0 Å². The summed E-state index contributed by atoms with van der Waals surface area (Å²) in [7, 11) is 0. The van der Waals surface area contributed by atoms with Crippen molar-refractivity contribution in [2.45, 2.75) is 31.7 Å². The first kappa shape index (κ1) is 10.4. The molecule has 1 heterocycles. The van der Waals surface area contributed by atoms with Crippen LogP contribution >= 0.6 is 0 Å². The SMILES string of the molecule is NCCC1CCC(N2CCOCC2)C1. The van der Waals surface area contributed by atoms with Crippen LogP contribution in [-0.4, -0.2) is 43.8 Å². The molecule has 0 amide bonds. The van der Waals surface area contributed by atoms with E-state index in [2.05, 4.69) is 4.90 Å². The van der Waals surface area contributed by atoms with E-state index in [9.17, 15) is 0 Å². The maximum atomic E-state index is 5.60. The molecule has 2 unspecified atom stereocenters. The van der Waals surface area contributed by atoms with Crippen molar-refractivity contribution in [3.8, 4) is 0 Å². The van der Waals surface area contributed by atoms with Crippen molar-refractivity contribution in [3.05, 3.63) is 0 Å². The quantitative estimate of drug-likeness (QED) is 0.730. The normalized spacial score (nSPS) is 34.9. The van der Waals surface area contributed by atoms with E-state index in [0.29, 0.717) is 0 Å². The topological polar surface area (TPSA) is 38.5 Å². The van der Waals surface area contributed by atoms with E-state index in [4.69, 9.17) is 10.5 Å². The summed E-state index contributed by atoms with van der Waals surface area (Å²) in [5.41, 5.74) is 5.60. The zero-order valence-electron chi connectivity index (χ0n) is 8.95. The lowest BCUT2D eigenvalue weighted by atomic mass is 10.0. The lowest BCUT2D eigenvalue weighted by Gasteiger charge is -2.32. The van der Waals surface area contributed by atoms with Crippen molar-refractivity contribution >= 4 is 0 Å². The Morgan fingerprint density at radius 3 is 2.71 bits per heavy atom. The van der Waals surface area contributed by atoms with Gasteiger partial charge in [0, 0.05) is 19.1 Å². The van der Waals surface area contributed by atoms with Gasteiger partial charge in [-0.2, -0.15) is 0 Å². The Hall–Kier alpha value is -0.120. The fourth-order valence-corrected chi connectivity index (χ4v) is 2.82. The minimum Gasteiger partial charge on any atom is -0.379 e. The highest BCUT2D eigenvalue weighted by Crippen LogP contribution is 2.31. The summed E-state index contributed by atoms with van der Waals surface area (Å²) in [6.07, 6.45) is 5.36. The van der Waals surface area contributed by atoms with Gasteiger partial charge < -0.3 is 10.5 Å². The van der Waals surface area contributed by atoms with Crippen molar-refractivity contribution in [1.29, 1.82) is 0 Å². The number of nitrogens with two attached hydrogens (primary N) is 1. The highest BCUT2D eigenvalue weighted by Gasteiger charge is 2.29. The standard InChI is InChI=1S/C11H22N2O/c12-4-3-10-1-2-11(9-10)13-5-7-14-8-6-13/h10-11H,1-9,12H2. The van der Waals surface area contributed by atoms with Gasteiger partial charge in [-0.15, -0.1) is 0 Å². The molecule has 2 N–H and O–H groups in total. The summed E-state index contributed by atoms with van der Waals surface area (Å²) in [6, 6.07) is 0.829. The van der Waals surface area contributed by atoms with Crippen molar-refractivity contribution < 1.29 is 4.74 Å². The molecule has 2 rings (SSSR count). The predicted octanol–water partition coefficient (Wildman–Crippen LogP) is 0.836. The molecule has 0 aromatic heterocycles. The highest BCUT2D eigenvalue weighted by molar-refractivity contribution is 4.83. The molecule has 0 bridgehead atoms. The van der Waals surface area contributed by atoms with Gasteiger partial charge in [0.25, 0.3) is 0 Å². The molecule has 0 aromatic carbocycles. The van der Waals surface area contributed by atoms with Crippen LogP contribution in [-0.2, 0) is 4.74 Å². The van der Waals surface area contributed by atoms with Gasteiger partial charge >= 0.3 is 0 Å². The average Bonchev–Trinajstić information content (AvgIpc) is 2.68. The van der Waals surface area contributed by atoms with E-state index in [0.717, 1.165) is 44.8 Å². The lowest BCUT2D eigenvalue weighted by Crippen LogP contribution is -2.42. The maximum Gasteiger partial charge on any atom is 0.0594 e. The molecule has 3 nitrogen and oxygen atoms in total. The summed E-state index contributed by atoms with van der Waals surface area (Å²) in [6.45, 7) is 5.00. The van der Waals surface area contributed by atoms with Crippen LogP contribution < -0.4 is 5.73 Å². The monoisotopic (exact) mass is 198 g/mol. The molecule has 2 aliphatic rings. The van der Waals surface area contributed by atoms with Crippen LogP contribution in [0.1, 0.15) is 25.7 Å². The molecule has 2 fully saturated rings. The van der Waals surface area contributed by atoms with E-state index < -0.39 is 0 Å². The van der Waals surface area contributed by atoms with E-state index in [1.807, 2.05) is 0 Å². The van der Waals surface area contributed by atoms with Gasteiger partial charge in [0.2, 0.25) is 0 Å². The van der Waals surface area contributed by atoms with Crippen LogP contribution in [0, 0.1) is 5.92 Å². The minimum atomic E-state index is 0.829.